The Morgan fingerprint density at radius 3 is 2.59 bits per heavy atom. The number of hydrogen-bond donors (Lipinski definition) is 1. The minimum Gasteiger partial charge on any atom is -0.490 e. The monoisotopic (exact) mass is 435 g/mol. The molecule has 5 nitrogen and oxygen atoms in total. The Kier molecular flexibility index (Phi) is 7.03. The average molecular weight is 436 g/mol. The van der Waals surface area contributed by atoms with Gasteiger partial charge in [-0.15, -0.1) is 0 Å². The Morgan fingerprint density at radius 2 is 1.81 bits per heavy atom. The van der Waals surface area contributed by atoms with Crippen molar-refractivity contribution in [3.8, 4) is 11.5 Å². The van der Waals surface area contributed by atoms with Crippen molar-refractivity contribution in [2.24, 2.45) is 5.92 Å². The molecule has 1 aliphatic carbocycles. The lowest BCUT2D eigenvalue weighted by atomic mass is 9.86. The van der Waals surface area contributed by atoms with Crippen LogP contribution in [0, 0.1) is 12.8 Å². The maximum atomic E-state index is 12.9. The summed E-state index contributed by atoms with van der Waals surface area (Å²) in [6.45, 7) is 7.76. The second-order valence-corrected chi connectivity index (χ2v) is 8.66. The van der Waals surface area contributed by atoms with Crippen molar-refractivity contribution in [2.75, 3.05) is 13.2 Å². The number of carbonyl (C=O) groups is 1. The first-order chi connectivity index (χ1) is 15.6. The predicted octanol–water partition coefficient (Wildman–Crippen LogP) is 5.90. The van der Waals surface area contributed by atoms with Crippen molar-refractivity contribution in [1.29, 1.82) is 0 Å². The van der Waals surface area contributed by atoms with Crippen LogP contribution in [0.2, 0.25) is 0 Å². The number of ether oxygens (including phenoxy) is 3. The lowest BCUT2D eigenvalue weighted by Crippen LogP contribution is -2.24. The van der Waals surface area contributed by atoms with Crippen molar-refractivity contribution >= 4 is 16.9 Å². The first-order valence-electron chi connectivity index (χ1n) is 11.7. The number of aryl methyl sites for hydroxylation is 2. The Bertz CT molecular complexity index is 1080. The van der Waals surface area contributed by atoms with Gasteiger partial charge in [0, 0.05) is 16.6 Å². The molecule has 1 aromatic heterocycles. The van der Waals surface area contributed by atoms with Gasteiger partial charge in [0.25, 0.3) is 0 Å². The Balaban J connectivity index is 1.41. The van der Waals surface area contributed by atoms with E-state index in [1.165, 1.54) is 22.2 Å². The van der Waals surface area contributed by atoms with E-state index in [9.17, 15) is 4.79 Å². The Labute approximate surface area is 190 Å². The molecule has 0 fully saturated rings. The van der Waals surface area contributed by atoms with Crippen molar-refractivity contribution in [2.45, 2.75) is 59.5 Å². The van der Waals surface area contributed by atoms with E-state index in [-0.39, 0.29) is 18.5 Å². The van der Waals surface area contributed by atoms with Gasteiger partial charge in [0.05, 0.1) is 19.1 Å². The highest BCUT2D eigenvalue weighted by Gasteiger charge is 2.28. The molecular formula is C27H33NO4. The number of esters is 1. The van der Waals surface area contributed by atoms with E-state index in [1.807, 2.05) is 18.2 Å². The van der Waals surface area contributed by atoms with E-state index in [0.29, 0.717) is 19.0 Å². The molecule has 5 heteroatoms. The molecule has 1 unspecified atom stereocenters. The standard InChI is InChI=1S/C27H33NO4/c1-4-12-30-25-11-7-19(15-26(25)31-13-5-2)17-32-27(29)20-8-10-24-22(16-20)21-14-18(3)6-9-23(21)28-24/h6-7,9,11,14-15,20,28H,4-5,8,10,12-13,16-17H2,1-3H3. The molecule has 0 saturated heterocycles. The first kappa shape index (κ1) is 22.3. The molecule has 1 heterocycles. The van der Waals surface area contributed by atoms with Crippen LogP contribution in [0.5, 0.6) is 11.5 Å². The minimum atomic E-state index is -0.125. The molecule has 0 aliphatic heterocycles. The first-order valence-corrected chi connectivity index (χ1v) is 11.7. The topological polar surface area (TPSA) is 60.5 Å². The summed E-state index contributed by atoms with van der Waals surface area (Å²) in [5.74, 6) is 1.22. The number of fused-ring (bicyclic) bond motifs is 3. The Morgan fingerprint density at radius 1 is 1.03 bits per heavy atom. The lowest BCUT2D eigenvalue weighted by molar-refractivity contribution is -0.150. The fourth-order valence-electron chi connectivity index (χ4n) is 4.30. The lowest BCUT2D eigenvalue weighted by Gasteiger charge is -2.21. The molecule has 0 amide bonds. The minimum absolute atomic E-state index is 0.106. The summed E-state index contributed by atoms with van der Waals surface area (Å²) in [5.41, 5.74) is 5.82. The van der Waals surface area contributed by atoms with Gasteiger partial charge in [-0.25, -0.2) is 0 Å². The van der Waals surface area contributed by atoms with Crippen LogP contribution in [0.3, 0.4) is 0 Å². The highest BCUT2D eigenvalue weighted by atomic mass is 16.5. The van der Waals surface area contributed by atoms with Gasteiger partial charge in [-0.05, 0) is 74.4 Å². The summed E-state index contributed by atoms with van der Waals surface area (Å²) >= 11 is 0. The summed E-state index contributed by atoms with van der Waals surface area (Å²) in [6, 6.07) is 12.2. The molecule has 4 rings (SSSR count). The molecule has 1 aliphatic rings. The normalized spacial score (nSPS) is 15.4. The number of nitrogens with one attached hydrogen (secondary N) is 1. The molecular weight excluding hydrogens is 402 g/mol. The highest BCUT2D eigenvalue weighted by molar-refractivity contribution is 5.86. The van der Waals surface area contributed by atoms with Gasteiger partial charge in [0.15, 0.2) is 11.5 Å². The summed E-state index contributed by atoms with van der Waals surface area (Å²) in [6.07, 6.45) is 4.27. The van der Waals surface area contributed by atoms with E-state index in [4.69, 9.17) is 14.2 Å². The Hall–Kier alpha value is -2.95. The molecule has 170 valence electrons. The van der Waals surface area contributed by atoms with Gasteiger partial charge in [0.2, 0.25) is 0 Å². The molecule has 2 aromatic carbocycles. The molecule has 0 bridgehead atoms. The summed E-state index contributed by atoms with van der Waals surface area (Å²) in [7, 11) is 0. The van der Waals surface area contributed by atoms with Crippen LogP contribution in [0.1, 0.15) is 55.5 Å². The molecule has 1 N–H and O–H groups in total. The zero-order valence-corrected chi connectivity index (χ0v) is 19.3. The van der Waals surface area contributed by atoms with Crippen LogP contribution in [-0.4, -0.2) is 24.2 Å². The van der Waals surface area contributed by atoms with E-state index in [1.54, 1.807) is 0 Å². The van der Waals surface area contributed by atoms with Crippen molar-refractivity contribution in [3.63, 3.8) is 0 Å². The van der Waals surface area contributed by atoms with Crippen molar-refractivity contribution in [1.82, 2.24) is 4.98 Å². The maximum Gasteiger partial charge on any atom is 0.309 e. The van der Waals surface area contributed by atoms with E-state index in [2.05, 4.69) is 44.0 Å². The number of aromatic amines is 1. The summed E-state index contributed by atoms with van der Waals surface area (Å²) < 4.78 is 17.4. The van der Waals surface area contributed by atoms with Crippen molar-refractivity contribution in [3.05, 3.63) is 58.8 Å². The molecule has 1 atom stereocenters. The third-order valence-electron chi connectivity index (χ3n) is 5.99. The van der Waals surface area contributed by atoms with E-state index >= 15 is 0 Å². The number of rotatable bonds is 9. The van der Waals surface area contributed by atoms with Crippen LogP contribution in [0.4, 0.5) is 0 Å². The smallest absolute Gasteiger partial charge is 0.309 e. The van der Waals surface area contributed by atoms with Gasteiger partial charge < -0.3 is 19.2 Å². The van der Waals surface area contributed by atoms with E-state index < -0.39 is 0 Å². The predicted molar refractivity (Wildman–Crippen MR) is 126 cm³/mol. The molecule has 32 heavy (non-hydrogen) atoms. The molecule has 0 spiro atoms. The van der Waals surface area contributed by atoms with Gasteiger partial charge in [0.1, 0.15) is 6.61 Å². The van der Waals surface area contributed by atoms with Gasteiger partial charge in [-0.2, -0.15) is 0 Å². The summed E-state index contributed by atoms with van der Waals surface area (Å²) in [5, 5.41) is 1.23. The third-order valence-corrected chi connectivity index (χ3v) is 5.99. The highest BCUT2D eigenvalue weighted by Crippen LogP contribution is 2.33. The fourth-order valence-corrected chi connectivity index (χ4v) is 4.30. The molecule has 3 aromatic rings. The molecule has 0 radical (unpaired) electrons. The van der Waals surface area contributed by atoms with Crippen LogP contribution in [0.25, 0.3) is 10.9 Å². The largest absolute Gasteiger partial charge is 0.490 e. The maximum absolute atomic E-state index is 12.9. The van der Waals surface area contributed by atoms with Gasteiger partial charge >= 0.3 is 5.97 Å². The zero-order chi connectivity index (χ0) is 22.5. The fraction of sp³-hybridized carbons (Fsp3) is 0.444. The third kappa shape index (κ3) is 4.93. The number of benzene rings is 2. The van der Waals surface area contributed by atoms with Crippen LogP contribution < -0.4 is 9.47 Å². The number of H-pyrrole nitrogens is 1. The number of hydrogen-bond acceptors (Lipinski definition) is 4. The zero-order valence-electron chi connectivity index (χ0n) is 19.3. The SMILES string of the molecule is CCCOc1ccc(COC(=O)C2CCc3[nH]c4ccc(C)cc4c3C2)cc1OCCC. The van der Waals surface area contributed by atoms with Gasteiger partial charge in [-0.3, -0.25) is 4.79 Å². The second-order valence-electron chi connectivity index (χ2n) is 8.66. The van der Waals surface area contributed by atoms with Crippen molar-refractivity contribution < 1.29 is 19.0 Å². The quantitative estimate of drug-likeness (QED) is 0.425. The van der Waals surface area contributed by atoms with Crippen LogP contribution in [0.15, 0.2) is 36.4 Å². The molecule has 0 saturated carbocycles. The number of carbonyl (C=O) groups excluding carboxylic acids is 1. The van der Waals surface area contributed by atoms with E-state index in [0.717, 1.165) is 48.9 Å². The van der Waals surface area contributed by atoms with Crippen LogP contribution >= 0.6 is 0 Å². The average Bonchev–Trinajstić information content (AvgIpc) is 3.17. The second kappa shape index (κ2) is 10.1. The van der Waals surface area contributed by atoms with Crippen LogP contribution in [-0.2, 0) is 29.0 Å². The number of aromatic nitrogens is 1. The van der Waals surface area contributed by atoms with Gasteiger partial charge in [-0.1, -0.05) is 31.5 Å². The summed E-state index contributed by atoms with van der Waals surface area (Å²) in [4.78, 5) is 16.4.